The van der Waals surface area contributed by atoms with Gasteiger partial charge < -0.3 is 10.1 Å². The number of hydrogen-bond donors (Lipinski definition) is 1. The van der Waals surface area contributed by atoms with Crippen LogP contribution in [0.15, 0.2) is 83.8 Å². The molecule has 0 spiro atoms. The fraction of sp³-hybridized carbons (Fsp3) is 0.167. The molecule has 1 unspecified atom stereocenters. The Bertz CT molecular complexity index is 1210. The highest BCUT2D eigenvalue weighted by Gasteiger charge is 2.26. The van der Waals surface area contributed by atoms with Crippen LogP contribution in [0, 0.1) is 0 Å². The summed E-state index contributed by atoms with van der Waals surface area (Å²) in [6, 6.07) is 21.1. The molecule has 1 amide bonds. The van der Waals surface area contributed by atoms with Crippen molar-refractivity contribution in [2.75, 3.05) is 6.61 Å². The lowest BCUT2D eigenvalue weighted by molar-refractivity contribution is -0.124. The molecule has 9 heteroatoms. The lowest BCUT2D eigenvalue weighted by Crippen LogP contribution is -2.31. The van der Waals surface area contributed by atoms with Crippen LogP contribution in [0.4, 0.5) is 8.78 Å². The summed E-state index contributed by atoms with van der Waals surface area (Å²) in [6.07, 6.45) is 0. The van der Waals surface area contributed by atoms with E-state index in [1.54, 1.807) is 6.92 Å². The quantitative estimate of drug-likeness (QED) is 0.491. The number of nitrogens with one attached hydrogen (secondary N) is 1. The topological polar surface area (TPSA) is 89.5 Å². The van der Waals surface area contributed by atoms with Gasteiger partial charge in [-0.3, -0.25) is 4.79 Å². The monoisotopic (exact) mass is 473 g/mol. The molecule has 0 aromatic heterocycles. The van der Waals surface area contributed by atoms with E-state index in [1.165, 1.54) is 0 Å². The number of halogens is 2. The van der Waals surface area contributed by atoms with E-state index in [9.17, 15) is 26.8 Å². The van der Waals surface area contributed by atoms with Gasteiger partial charge >= 0.3 is 11.7 Å². The van der Waals surface area contributed by atoms with Crippen molar-refractivity contribution in [2.24, 2.45) is 0 Å². The Hall–Kier alpha value is -3.59. The fourth-order valence-electron chi connectivity index (χ4n) is 3.06. The van der Waals surface area contributed by atoms with E-state index < -0.39 is 39.0 Å². The average molecular weight is 473 g/mol. The van der Waals surface area contributed by atoms with E-state index in [2.05, 4.69) is 5.32 Å². The van der Waals surface area contributed by atoms with Gasteiger partial charge in [0, 0.05) is 0 Å². The lowest BCUT2D eigenvalue weighted by Gasteiger charge is -2.15. The molecule has 33 heavy (non-hydrogen) atoms. The van der Waals surface area contributed by atoms with Crippen LogP contribution in [0.5, 0.6) is 0 Å². The third-order valence-electron chi connectivity index (χ3n) is 4.88. The molecule has 0 saturated heterocycles. The Morgan fingerprint density at radius 2 is 1.45 bits per heavy atom. The lowest BCUT2D eigenvalue weighted by atomic mass is 10.0. The van der Waals surface area contributed by atoms with Crippen LogP contribution >= 0.6 is 0 Å². The standard InChI is InChI=1S/C24H21F2NO5S/c1-16(17-7-9-19(10-8-17)18-5-3-2-4-6-18)27-22(28)15-32-23(29)20-11-13-21(14-12-20)33(30,31)24(25)26/h2-14,16,24H,15H2,1H3,(H,27,28). The zero-order chi connectivity index (χ0) is 24.0. The van der Waals surface area contributed by atoms with Crippen molar-refractivity contribution in [1.82, 2.24) is 5.32 Å². The van der Waals surface area contributed by atoms with Crippen molar-refractivity contribution in [1.29, 1.82) is 0 Å². The summed E-state index contributed by atoms with van der Waals surface area (Å²) in [6.45, 7) is 1.24. The third-order valence-corrected chi connectivity index (χ3v) is 6.28. The first-order valence-electron chi connectivity index (χ1n) is 9.92. The molecule has 0 heterocycles. The number of carbonyl (C=O) groups is 2. The SMILES string of the molecule is CC(NC(=O)COC(=O)c1ccc(S(=O)(=O)C(F)F)cc1)c1ccc(-c2ccccc2)cc1. The maximum atomic E-state index is 12.6. The summed E-state index contributed by atoms with van der Waals surface area (Å²) in [4.78, 5) is 23.6. The zero-order valence-corrected chi connectivity index (χ0v) is 18.4. The van der Waals surface area contributed by atoms with E-state index in [-0.39, 0.29) is 11.6 Å². The van der Waals surface area contributed by atoms with E-state index in [0.717, 1.165) is 41.0 Å². The summed E-state index contributed by atoms with van der Waals surface area (Å²) >= 11 is 0. The van der Waals surface area contributed by atoms with Crippen LogP contribution in [0.3, 0.4) is 0 Å². The molecule has 1 atom stereocenters. The zero-order valence-electron chi connectivity index (χ0n) is 17.6. The van der Waals surface area contributed by atoms with Gasteiger partial charge in [0.25, 0.3) is 5.91 Å². The maximum absolute atomic E-state index is 12.6. The normalized spacial score (nSPS) is 12.2. The number of ether oxygens (including phenoxy) is 1. The van der Waals surface area contributed by atoms with Gasteiger partial charge in [-0.05, 0) is 47.9 Å². The van der Waals surface area contributed by atoms with Crippen LogP contribution < -0.4 is 5.32 Å². The highest BCUT2D eigenvalue weighted by molar-refractivity contribution is 7.91. The first-order chi connectivity index (χ1) is 15.7. The van der Waals surface area contributed by atoms with Crippen molar-refractivity contribution in [3.8, 4) is 11.1 Å². The summed E-state index contributed by atoms with van der Waals surface area (Å²) in [5.74, 6) is -4.97. The fourth-order valence-corrected chi connectivity index (χ4v) is 3.78. The first-order valence-corrected chi connectivity index (χ1v) is 11.5. The third kappa shape index (κ3) is 6.01. The van der Waals surface area contributed by atoms with Crippen LogP contribution in [0.1, 0.15) is 28.9 Å². The second-order valence-electron chi connectivity index (χ2n) is 7.18. The van der Waals surface area contributed by atoms with Gasteiger partial charge in [0.2, 0.25) is 9.84 Å². The molecular weight excluding hydrogens is 452 g/mol. The Morgan fingerprint density at radius 1 is 0.879 bits per heavy atom. The molecule has 3 rings (SSSR count). The molecule has 0 aliphatic rings. The molecule has 1 N–H and O–H groups in total. The van der Waals surface area contributed by atoms with Crippen LogP contribution in [-0.2, 0) is 19.4 Å². The average Bonchev–Trinajstić information content (AvgIpc) is 2.83. The van der Waals surface area contributed by atoms with Crippen LogP contribution in [0.25, 0.3) is 11.1 Å². The van der Waals surface area contributed by atoms with Gasteiger partial charge in [0.1, 0.15) is 0 Å². The van der Waals surface area contributed by atoms with Gasteiger partial charge in [-0.1, -0.05) is 54.6 Å². The largest absolute Gasteiger partial charge is 0.452 e. The Morgan fingerprint density at radius 3 is 2.03 bits per heavy atom. The van der Waals surface area contributed by atoms with Gasteiger partial charge in [-0.25, -0.2) is 13.2 Å². The number of amides is 1. The summed E-state index contributed by atoms with van der Waals surface area (Å²) in [5.41, 5.74) is 2.91. The van der Waals surface area contributed by atoms with Crippen molar-refractivity contribution >= 4 is 21.7 Å². The minimum Gasteiger partial charge on any atom is -0.452 e. The Balaban J connectivity index is 1.53. The molecule has 3 aromatic rings. The first kappa shape index (κ1) is 24.1. The smallest absolute Gasteiger partial charge is 0.341 e. The Kier molecular flexibility index (Phi) is 7.55. The summed E-state index contributed by atoms with van der Waals surface area (Å²) in [5, 5.41) is 2.72. The number of rotatable bonds is 8. The second-order valence-corrected chi connectivity index (χ2v) is 9.10. The summed E-state index contributed by atoms with van der Waals surface area (Å²) < 4.78 is 52.9. The van der Waals surface area contributed by atoms with E-state index in [0.29, 0.717) is 0 Å². The maximum Gasteiger partial charge on any atom is 0.341 e. The van der Waals surface area contributed by atoms with Gasteiger partial charge in [-0.2, -0.15) is 8.78 Å². The summed E-state index contributed by atoms with van der Waals surface area (Å²) in [7, 11) is -4.75. The molecule has 3 aromatic carbocycles. The molecule has 0 saturated carbocycles. The number of alkyl halides is 2. The number of benzene rings is 3. The van der Waals surface area contributed by atoms with E-state index >= 15 is 0 Å². The second kappa shape index (κ2) is 10.4. The van der Waals surface area contributed by atoms with Gasteiger partial charge in [0.05, 0.1) is 16.5 Å². The predicted octanol–water partition coefficient (Wildman–Crippen LogP) is 4.38. The highest BCUT2D eigenvalue weighted by atomic mass is 32.2. The molecule has 0 bridgehead atoms. The minimum atomic E-state index is -4.75. The molecule has 6 nitrogen and oxygen atoms in total. The van der Waals surface area contributed by atoms with Crippen molar-refractivity contribution in [3.63, 3.8) is 0 Å². The van der Waals surface area contributed by atoms with Crippen molar-refractivity contribution in [2.45, 2.75) is 23.6 Å². The van der Waals surface area contributed by atoms with Crippen LogP contribution in [0.2, 0.25) is 0 Å². The highest BCUT2D eigenvalue weighted by Crippen LogP contribution is 2.22. The molecule has 0 aliphatic heterocycles. The minimum absolute atomic E-state index is 0.0689. The van der Waals surface area contributed by atoms with Gasteiger partial charge in [0.15, 0.2) is 6.61 Å². The van der Waals surface area contributed by atoms with Crippen molar-refractivity contribution < 1.29 is 31.5 Å². The van der Waals surface area contributed by atoms with E-state index in [1.807, 2.05) is 54.6 Å². The predicted molar refractivity (Wildman–Crippen MR) is 118 cm³/mol. The number of carbonyl (C=O) groups excluding carboxylic acids is 2. The molecule has 0 aliphatic carbocycles. The molecule has 0 fully saturated rings. The van der Waals surface area contributed by atoms with Crippen molar-refractivity contribution in [3.05, 3.63) is 90.0 Å². The molecular formula is C24H21F2NO5S. The number of sulfone groups is 1. The molecule has 0 radical (unpaired) electrons. The van der Waals surface area contributed by atoms with E-state index in [4.69, 9.17) is 4.74 Å². The number of hydrogen-bond acceptors (Lipinski definition) is 5. The van der Waals surface area contributed by atoms with Crippen LogP contribution in [-0.4, -0.2) is 32.7 Å². The molecule has 172 valence electrons. The Labute approximate surface area is 190 Å². The van der Waals surface area contributed by atoms with Gasteiger partial charge in [-0.15, -0.1) is 0 Å². The number of esters is 1.